The number of nitrogens with one attached hydrogen (secondary N) is 1. The van der Waals surface area contributed by atoms with Gasteiger partial charge in [0.15, 0.2) is 5.82 Å². The first-order valence-corrected chi connectivity index (χ1v) is 10.0. The van der Waals surface area contributed by atoms with Crippen LogP contribution in [0.5, 0.6) is 0 Å². The Labute approximate surface area is 171 Å². The molecule has 144 valence electrons. The van der Waals surface area contributed by atoms with Gasteiger partial charge in [-0.3, -0.25) is 4.79 Å². The highest BCUT2D eigenvalue weighted by atomic mass is 79.9. The summed E-state index contributed by atoms with van der Waals surface area (Å²) in [7, 11) is 0. The maximum absolute atomic E-state index is 12.8. The lowest BCUT2D eigenvalue weighted by Gasteiger charge is -2.32. The van der Waals surface area contributed by atoms with E-state index < -0.39 is 0 Å². The number of anilines is 2. The minimum atomic E-state index is -0.0826. The Morgan fingerprint density at radius 1 is 1.25 bits per heavy atom. The molecule has 1 fully saturated rings. The van der Waals surface area contributed by atoms with E-state index in [1.54, 1.807) is 17.2 Å². The van der Waals surface area contributed by atoms with Gasteiger partial charge in [-0.2, -0.15) is 5.10 Å². The third kappa shape index (κ3) is 4.06. The molecular weight excluding hydrogens is 420 g/mol. The molecule has 3 aromatic rings. The lowest BCUT2D eigenvalue weighted by atomic mass is 9.97. The quantitative estimate of drug-likeness (QED) is 0.670. The lowest BCUT2D eigenvalue weighted by Crippen LogP contribution is -2.41. The predicted molar refractivity (Wildman–Crippen MR) is 112 cm³/mol. The Hall–Kier alpha value is -2.74. The third-order valence-electron chi connectivity index (χ3n) is 4.92. The van der Waals surface area contributed by atoms with Crippen LogP contribution in [0.15, 0.2) is 53.5 Å². The standard InChI is InChI=1S/C20H21BrN6O/c1-14-10-16(5-6-17(14)21)25-20(28)15-4-2-8-26(12-15)18-11-19(23-13-22-18)27-9-3-7-24-27/h3,5-7,9-11,13,15H,2,4,8,12H2,1H3,(H,25,28). The van der Waals surface area contributed by atoms with Gasteiger partial charge in [-0.1, -0.05) is 15.9 Å². The first-order valence-electron chi connectivity index (χ1n) is 9.24. The predicted octanol–water partition coefficient (Wildman–Crippen LogP) is 3.59. The van der Waals surface area contributed by atoms with Gasteiger partial charge in [0, 0.05) is 41.7 Å². The second-order valence-corrected chi connectivity index (χ2v) is 7.78. The molecule has 1 saturated heterocycles. The molecule has 8 heteroatoms. The molecule has 1 unspecified atom stereocenters. The summed E-state index contributed by atoms with van der Waals surface area (Å²) >= 11 is 3.49. The number of nitrogens with zero attached hydrogens (tertiary/aromatic N) is 5. The molecule has 0 radical (unpaired) electrons. The Balaban J connectivity index is 1.46. The molecule has 1 aromatic carbocycles. The highest BCUT2D eigenvalue weighted by molar-refractivity contribution is 9.10. The Morgan fingerprint density at radius 2 is 2.11 bits per heavy atom. The number of hydrogen-bond donors (Lipinski definition) is 1. The molecule has 0 bridgehead atoms. The van der Waals surface area contributed by atoms with Gasteiger partial charge in [-0.05, 0) is 49.6 Å². The van der Waals surface area contributed by atoms with E-state index in [2.05, 4.69) is 41.2 Å². The molecule has 1 aliphatic heterocycles. The number of rotatable bonds is 4. The molecule has 1 aliphatic rings. The van der Waals surface area contributed by atoms with Gasteiger partial charge in [-0.15, -0.1) is 0 Å². The van der Waals surface area contributed by atoms with Crippen LogP contribution in [0.2, 0.25) is 0 Å². The summed E-state index contributed by atoms with van der Waals surface area (Å²) in [6, 6.07) is 9.60. The zero-order valence-electron chi connectivity index (χ0n) is 15.5. The van der Waals surface area contributed by atoms with Crippen molar-refractivity contribution >= 4 is 33.3 Å². The number of hydrogen-bond acceptors (Lipinski definition) is 5. The lowest BCUT2D eigenvalue weighted by molar-refractivity contribution is -0.120. The summed E-state index contributed by atoms with van der Waals surface area (Å²) in [6.07, 6.45) is 6.92. The van der Waals surface area contributed by atoms with Crippen LogP contribution in [0.4, 0.5) is 11.5 Å². The van der Waals surface area contributed by atoms with Gasteiger partial charge in [0.25, 0.3) is 0 Å². The van der Waals surface area contributed by atoms with Crippen molar-refractivity contribution in [1.29, 1.82) is 0 Å². The molecule has 7 nitrogen and oxygen atoms in total. The zero-order valence-corrected chi connectivity index (χ0v) is 17.1. The molecule has 2 aromatic heterocycles. The van der Waals surface area contributed by atoms with Crippen LogP contribution in [0.1, 0.15) is 18.4 Å². The van der Waals surface area contributed by atoms with Crippen LogP contribution in [0.25, 0.3) is 5.82 Å². The monoisotopic (exact) mass is 440 g/mol. The van der Waals surface area contributed by atoms with Crippen molar-refractivity contribution < 1.29 is 4.79 Å². The third-order valence-corrected chi connectivity index (χ3v) is 5.81. The number of piperidine rings is 1. The zero-order chi connectivity index (χ0) is 19.5. The van der Waals surface area contributed by atoms with Gasteiger partial charge in [0.1, 0.15) is 12.1 Å². The average Bonchev–Trinajstić information content (AvgIpc) is 3.26. The molecule has 0 saturated carbocycles. The minimum absolute atomic E-state index is 0.0489. The summed E-state index contributed by atoms with van der Waals surface area (Å²) in [5.74, 6) is 1.50. The number of amides is 1. The molecule has 28 heavy (non-hydrogen) atoms. The van der Waals surface area contributed by atoms with Crippen molar-refractivity contribution in [3.63, 3.8) is 0 Å². The first kappa shape index (κ1) is 18.6. The molecule has 3 heterocycles. The van der Waals surface area contributed by atoms with Gasteiger partial charge in [0.2, 0.25) is 5.91 Å². The minimum Gasteiger partial charge on any atom is -0.356 e. The SMILES string of the molecule is Cc1cc(NC(=O)C2CCCN(c3cc(-n4cccn4)ncn3)C2)ccc1Br. The number of carbonyl (C=O) groups excluding carboxylic acids is 1. The van der Waals surface area contributed by atoms with Crippen LogP contribution in [0, 0.1) is 12.8 Å². The summed E-state index contributed by atoms with van der Waals surface area (Å²) in [6.45, 7) is 3.52. The smallest absolute Gasteiger partial charge is 0.229 e. The van der Waals surface area contributed by atoms with E-state index in [1.807, 2.05) is 43.5 Å². The van der Waals surface area contributed by atoms with Crippen LogP contribution >= 0.6 is 15.9 Å². The highest BCUT2D eigenvalue weighted by Crippen LogP contribution is 2.25. The van der Waals surface area contributed by atoms with E-state index in [1.165, 1.54) is 0 Å². The van der Waals surface area contributed by atoms with E-state index in [0.29, 0.717) is 12.4 Å². The average molecular weight is 441 g/mol. The van der Waals surface area contributed by atoms with Crippen molar-refractivity contribution in [2.45, 2.75) is 19.8 Å². The first-order chi connectivity index (χ1) is 13.6. The molecule has 1 amide bonds. The normalized spacial score (nSPS) is 16.8. The van der Waals surface area contributed by atoms with Gasteiger partial charge >= 0.3 is 0 Å². The van der Waals surface area contributed by atoms with Crippen molar-refractivity contribution in [3.05, 3.63) is 59.1 Å². The van der Waals surface area contributed by atoms with E-state index in [-0.39, 0.29) is 11.8 Å². The molecule has 0 spiro atoms. The largest absolute Gasteiger partial charge is 0.356 e. The number of aryl methyl sites for hydroxylation is 1. The van der Waals surface area contributed by atoms with E-state index in [9.17, 15) is 4.79 Å². The Morgan fingerprint density at radius 3 is 2.89 bits per heavy atom. The van der Waals surface area contributed by atoms with Crippen molar-refractivity contribution in [1.82, 2.24) is 19.7 Å². The summed E-state index contributed by atoms with van der Waals surface area (Å²) in [5, 5.41) is 7.27. The number of halogens is 1. The van der Waals surface area contributed by atoms with Crippen molar-refractivity contribution in [3.8, 4) is 5.82 Å². The summed E-state index contributed by atoms with van der Waals surface area (Å²) < 4.78 is 2.74. The fraction of sp³-hybridized carbons (Fsp3) is 0.300. The van der Waals surface area contributed by atoms with Crippen molar-refractivity contribution in [2.75, 3.05) is 23.3 Å². The maximum Gasteiger partial charge on any atom is 0.229 e. The van der Waals surface area contributed by atoms with Crippen molar-refractivity contribution in [2.24, 2.45) is 5.92 Å². The highest BCUT2D eigenvalue weighted by Gasteiger charge is 2.27. The van der Waals surface area contributed by atoms with Gasteiger partial charge in [-0.25, -0.2) is 14.6 Å². The van der Waals surface area contributed by atoms with E-state index >= 15 is 0 Å². The van der Waals surface area contributed by atoms with Crippen LogP contribution in [0.3, 0.4) is 0 Å². The summed E-state index contributed by atoms with van der Waals surface area (Å²) in [4.78, 5) is 23.6. The second kappa shape index (κ2) is 8.10. The fourth-order valence-corrected chi connectivity index (χ4v) is 3.65. The second-order valence-electron chi connectivity index (χ2n) is 6.92. The van der Waals surface area contributed by atoms with Gasteiger partial charge in [0.05, 0.1) is 5.92 Å². The molecule has 1 N–H and O–H groups in total. The fourth-order valence-electron chi connectivity index (χ4n) is 3.41. The molecular formula is C20H21BrN6O. The molecule has 0 aliphatic carbocycles. The summed E-state index contributed by atoms with van der Waals surface area (Å²) in [5.41, 5.74) is 1.92. The van der Waals surface area contributed by atoms with E-state index in [4.69, 9.17) is 0 Å². The molecule has 4 rings (SSSR count). The topological polar surface area (TPSA) is 75.9 Å². The van der Waals surface area contributed by atoms with Crippen LogP contribution in [-0.4, -0.2) is 38.7 Å². The van der Waals surface area contributed by atoms with Gasteiger partial charge < -0.3 is 10.2 Å². The Bertz CT molecular complexity index is 975. The Kier molecular flexibility index (Phi) is 5.38. The number of aromatic nitrogens is 4. The maximum atomic E-state index is 12.8. The molecule has 1 atom stereocenters. The van der Waals surface area contributed by atoms with Crippen LogP contribution in [-0.2, 0) is 4.79 Å². The van der Waals surface area contributed by atoms with E-state index in [0.717, 1.165) is 40.9 Å². The van der Waals surface area contributed by atoms with Crippen LogP contribution < -0.4 is 10.2 Å². The number of carbonyl (C=O) groups is 1. The number of benzene rings is 1.